The van der Waals surface area contributed by atoms with Crippen LogP contribution < -0.4 is 9.47 Å². The summed E-state index contributed by atoms with van der Waals surface area (Å²) < 4.78 is 16.3. The fourth-order valence-electron chi connectivity index (χ4n) is 4.73. The van der Waals surface area contributed by atoms with Crippen molar-refractivity contribution in [1.29, 1.82) is 0 Å². The lowest BCUT2D eigenvalue weighted by molar-refractivity contribution is -0.140. The van der Waals surface area contributed by atoms with Crippen molar-refractivity contribution in [2.24, 2.45) is 11.8 Å². The fourth-order valence-corrected chi connectivity index (χ4v) is 4.73. The van der Waals surface area contributed by atoms with Crippen molar-refractivity contribution in [3.05, 3.63) is 24.1 Å². The van der Waals surface area contributed by atoms with Crippen LogP contribution in [0.15, 0.2) is 22.6 Å². The molecule has 34 heavy (non-hydrogen) atoms. The zero-order valence-electron chi connectivity index (χ0n) is 19.8. The molecular weight excluding hydrogens is 440 g/mol. The normalized spacial score (nSPS) is 19.8. The molecule has 1 aromatic heterocycles. The lowest BCUT2D eigenvalue weighted by atomic mass is 9.81. The van der Waals surface area contributed by atoms with Gasteiger partial charge in [0.1, 0.15) is 0 Å². The molecule has 182 valence electrons. The van der Waals surface area contributed by atoms with Crippen LogP contribution in [-0.4, -0.2) is 65.5 Å². The number of amides is 3. The smallest absolute Gasteiger partial charge is 0.247 e. The summed E-state index contributed by atoms with van der Waals surface area (Å²) in [7, 11) is 4.76. The number of methoxy groups -OCH3 is 2. The van der Waals surface area contributed by atoms with E-state index in [1.54, 1.807) is 39.5 Å². The van der Waals surface area contributed by atoms with Crippen LogP contribution in [-0.2, 0) is 20.9 Å². The third kappa shape index (κ3) is 4.76. The molecule has 0 radical (unpaired) electrons. The molecule has 3 amide bonds. The predicted molar refractivity (Wildman–Crippen MR) is 121 cm³/mol. The standard InChI is InChI=1S/C24H30N4O6/c1-27(14-20-25-26-22(34-20)15-10-11-18(32-2)19(13-15)33-3)21(29)9-6-12-28-23(30)16-7-4-5-8-17(16)24(28)31/h10-11,13,16-17H,4-9,12,14H2,1-3H3/t16-,17-/m0/s1. The fraction of sp³-hybridized carbons (Fsp3) is 0.542. The van der Waals surface area contributed by atoms with Gasteiger partial charge >= 0.3 is 0 Å². The molecule has 2 aromatic rings. The Balaban J connectivity index is 1.29. The molecule has 0 spiro atoms. The van der Waals surface area contributed by atoms with E-state index < -0.39 is 0 Å². The van der Waals surface area contributed by atoms with Crippen molar-refractivity contribution >= 4 is 17.7 Å². The summed E-state index contributed by atoms with van der Waals surface area (Å²) in [6, 6.07) is 5.27. The zero-order chi connectivity index (χ0) is 24.2. The summed E-state index contributed by atoms with van der Waals surface area (Å²) in [5, 5.41) is 8.10. The number of rotatable bonds is 9. The zero-order valence-corrected chi connectivity index (χ0v) is 19.8. The molecule has 1 saturated carbocycles. The number of imide groups is 1. The van der Waals surface area contributed by atoms with E-state index in [4.69, 9.17) is 13.9 Å². The number of aromatic nitrogens is 2. The van der Waals surface area contributed by atoms with Gasteiger partial charge in [-0.05, 0) is 37.5 Å². The Morgan fingerprint density at radius 2 is 1.76 bits per heavy atom. The van der Waals surface area contributed by atoms with Gasteiger partial charge in [0.2, 0.25) is 29.5 Å². The topological polar surface area (TPSA) is 115 Å². The van der Waals surface area contributed by atoms with E-state index in [1.807, 2.05) is 0 Å². The van der Waals surface area contributed by atoms with E-state index in [0.717, 1.165) is 25.7 Å². The van der Waals surface area contributed by atoms with Crippen molar-refractivity contribution in [3.63, 3.8) is 0 Å². The molecule has 1 aliphatic carbocycles. The van der Waals surface area contributed by atoms with Crippen molar-refractivity contribution in [3.8, 4) is 23.0 Å². The summed E-state index contributed by atoms with van der Waals surface area (Å²) in [6.45, 7) is 0.444. The minimum atomic E-state index is -0.156. The summed E-state index contributed by atoms with van der Waals surface area (Å²) in [5.41, 5.74) is 0.672. The van der Waals surface area contributed by atoms with Crippen LogP contribution in [0, 0.1) is 11.8 Å². The second-order valence-electron chi connectivity index (χ2n) is 8.75. The Kier molecular flexibility index (Phi) is 7.14. The SMILES string of the molecule is COc1ccc(-c2nnc(CN(C)C(=O)CCCN3C(=O)[C@H]4CCCC[C@@H]4C3=O)o2)cc1OC. The van der Waals surface area contributed by atoms with E-state index in [2.05, 4.69) is 10.2 Å². The van der Waals surface area contributed by atoms with Gasteiger partial charge in [-0.1, -0.05) is 12.8 Å². The van der Waals surface area contributed by atoms with E-state index in [9.17, 15) is 14.4 Å². The highest BCUT2D eigenvalue weighted by Crippen LogP contribution is 2.38. The first-order valence-corrected chi connectivity index (χ1v) is 11.6. The molecule has 2 atom stereocenters. The van der Waals surface area contributed by atoms with Crippen LogP contribution in [0.5, 0.6) is 11.5 Å². The van der Waals surface area contributed by atoms with E-state index in [1.165, 1.54) is 9.80 Å². The predicted octanol–water partition coefficient (Wildman–Crippen LogP) is 2.67. The largest absolute Gasteiger partial charge is 0.493 e. The average Bonchev–Trinajstić information content (AvgIpc) is 3.42. The summed E-state index contributed by atoms with van der Waals surface area (Å²) in [4.78, 5) is 40.6. The van der Waals surface area contributed by atoms with Crippen LogP contribution in [0.2, 0.25) is 0 Å². The Morgan fingerprint density at radius 1 is 1.09 bits per heavy atom. The lowest BCUT2D eigenvalue weighted by Crippen LogP contribution is -2.33. The maximum atomic E-state index is 12.6. The number of fused-ring (bicyclic) bond motifs is 1. The molecule has 0 bridgehead atoms. The third-order valence-corrected chi connectivity index (χ3v) is 6.60. The van der Waals surface area contributed by atoms with Gasteiger partial charge in [0.05, 0.1) is 32.6 Å². The van der Waals surface area contributed by atoms with Crippen molar-refractivity contribution in [1.82, 2.24) is 20.0 Å². The monoisotopic (exact) mass is 470 g/mol. The quantitative estimate of drug-likeness (QED) is 0.514. The molecule has 1 aromatic carbocycles. The maximum Gasteiger partial charge on any atom is 0.247 e. The number of likely N-dealkylation sites (tertiary alicyclic amines) is 1. The Hall–Kier alpha value is -3.43. The number of nitrogens with zero attached hydrogens (tertiary/aromatic N) is 4. The van der Waals surface area contributed by atoms with Gasteiger partial charge in [-0.3, -0.25) is 19.3 Å². The highest BCUT2D eigenvalue weighted by atomic mass is 16.5. The number of ether oxygens (including phenoxy) is 2. The molecule has 0 N–H and O–H groups in total. The number of benzene rings is 1. The third-order valence-electron chi connectivity index (χ3n) is 6.60. The van der Waals surface area contributed by atoms with Gasteiger partial charge in [0.15, 0.2) is 11.5 Å². The number of hydrogen-bond donors (Lipinski definition) is 0. The van der Waals surface area contributed by atoms with Crippen LogP contribution >= 0.6 is 0 Å². The number of hydrogen-bond acceptors (Lipinski definition) is 8. The second-order valence-corrected chi connectivity index (χ2v) is 8.75. The van der Waals surface area contributed by atoms with Gasteiger partial charge in [-0.2, -0.15) is 0 Å². The van der Waals surface area contributed by atoms with E-state index in [-0.39, 0.29) is 49.1 Å². The molecular formula is C24H30N4O6. The molecule has 10 heteroatoms. The van der Waals surface area contributed by atoms with Gasteiger partial charge in [-0.25, -0.2) is 0 Å². The number of carbonyl (C=O) groups excluding carboxylic acids is 3. The minimum absolute atomic E-state index is 0.0657. The van der Waals surface area contributed by atoms with Crippen LogP contribution in [0.4, 0.5) is 0 Å². The van der Waals surface area contributed by atoms with Gasteiger partial charge in [-0.15, -0.1) is 10.2 Å². The summed E-state index contributed by atoms with van der Waals surface area (Å²) in [5.74, 6) is 1.18. The molecule has 10 nitrogen and oxygen atoms in total. The van der Waals surface area contributed by atoms with Crippen LogP contribution in [0.1, 0.15) is 44.4 Å². The molecule has 2 heterocycles. The number of carbonyl (C=O) groups is 3. The first-order valence-electron chi connectivity index (χ1n) is 11.6. The molecule has 1 saturated heterocycles. The lowest BCUT2D eigenvalue weighted by Gasteiger charge is -2.19. The van der Waals surface area contributed by atoms with Crippen LogP contribution in [0.3, 0.4) is 0 Å². The molecule has 0 unspecified atom stereocenters. The van der Waals surface area contributed by atoms with Crippen molar-refractivity contribution in [2.75, 3.05) is 27.8 Å². The van der Waals surface area contributed by atoms with E-state index in [0.29, 0.717) is 35.3 Å². The maximum absolute atomic E-state index is 12.6. The Labute approximate surface area is 198 Å². The summed E-state index contributed by atoms with van der Waals surface area (Å²) >= 11 is 0. The molecule has 2 fully saturated rings. The minimum Gasteiger partial charge on any atom is -0.493 e. The molecule has 4 rings (SSSR count). The molecule has 1 aliphatic heterocycles. The van der Waals surface area contributed by atoms with E-state index >= 15 is 0 Å². The highest BCUT2D eigenvalue weighted by molar-refractivity contribution is 6.05. The summed E-state index contributed by atoms with van der Waals surface area (Å²) in [6.07, 6.45) is 4.24. The highest BCUT2D eigenvalue weighted by Gasteiger charge is 2.47. The van der Waals surface area contributed by atoms with Crippen LogP contribution in [0.25, 0.3) is 11.5 Å². The first kappa shape index (κ1) is 23.7. The first-order chi connectivity index (χ1) is 16.4. The Bertz CT molecular complexity index is 1040. The second kappa shape index (κ2) is 10.2. The Morgan fingerprint density at radius 3 is 2.41 bits per heavy atom. The average molecular weight is 471 g/mol. The van der Waals surface area contributed by atoms with Gasteiger partial charge in [0, 0.05) is 25.6 Å². The van der Waals surface area contributed by atoms with Crippen molar-refractivity contribution in [2.45, 2.75) is 45.1 Å². The molecule has 2 aliphatic rings. The van der Waals surface area contributed by atoms with Crippen molar-refractivity contribution < 1.29 is 28.3 Å². The van der Waals surface area contributed by atoms with Gasteiger partial charge in [0.25, 0.3) is 0 Å². The van der Waals surface area contributed by atoms with Gasteiger partial charge < -0.3 is 18.8 Å².